The maximum Gasteiger partial charge on any atom is 0.119 e. The molecule has 0 aromatic heterocycles. The molecule has 104 valence electrons. The largest absolute Gasteiger partial charge is 0.489 e. The zero-order valence-electron chi connectivity index (χ0n) is 11.9. The molecule has 2 rings (SSSR count). The highest BCUT2D eigenvalue weighted by atomic mass is 16.5. The van der Waals surface area contributed by atoms with Crippen LogP contribution in [0.2, 0.25) is 0 Å². The van der Waals surface area contributed by atoms with Crippen molar-refractivity contribution in [2.24, 2.45) is 0 Å². The summed E-state index contributed by atoms with van der Waals surface area (Å²) < 4.78 is 5.76. The van der Waals surface area contributed by atoms with Crippen LogP contribution in [0.1, 0.15) is 18.1 Å². The fourth-order valence-corrected chi connectivity index (χ4v) is 1.86. The first-order valence-corrected chi connectivity index (χ1v) is 6.85. The summed E-state index contributed by atoms with van der Waals surface area (Å²) in [4.78, 5) is 0. The van der Waals surface area contributed by atoms with Crippen LogP contribution in [0.4, 0.5) is 0 Å². The highest BCUT2D eigenvalue weighted by Crippen LogP contribution is 2.14. The number of hydrogen-bond donors (Lipinski definition) is 1. The molecule has 2 aromatic rings. The molecule has 0 saturated carbocycles. The fraction of sp³-hybridized carbons (Fsp3) is 0.222. The topological polar surface area (TPSA) is 21.3 Å². The summed E-state index contributed by atoms with van der Waals surface area (Å²) in [6.45, 7) is 8.20. The van der Waals surface area contributed by atoms with E-state index in [0.717, 1.165) is 24.4 Å². The monoisotopic (exact) mass is 267 g/mol. The molecule has 0 aliphatic rings. The van der Waals surface area contributed by atoms with E-state index in [1.54, 1.807) is 0 Å². The Balaban J connectivity index is 1.81. The summed E-state index contributed by atoms with van der Waals surface area (Å²) >= 11 is 0. The minimum Gasteiger partial charge on any atom is -0.489 e. The molecule has 2 aromatic carbocycles. The van der Waals surface area contributed by atoms with Crippen molar-refractivity contribution in [1.82, 2.24) is 5.32 Å². The average molecular weight is 267 g/mol. The van der Waals surface area contributed by atoms with Gasteiger partial charge in [-0.05, 0) is 30.2 Å². The Hall–Kier alpha value is -2.06. The molecule has 0 spiro atoms. The van der Waals surface area contributed by atoms with Crippen molar-refractivity contribution < 1.29 is 4.74 Å². The summed E-state index contributed by atoms with van der Waals surface area (Å²) in [7, 11) is 0. The van der Waals surface area contributed by atoms with E-state index in [9.17, 15) is 0 Å². The molecular formula is C18H21NO. The Bertz CT molecular complexity index is 531. The summed E-state index contributed by atoms with van der Waals surface area (Å²) in [6, 6.07) is 18.4. The quantitative estimate of drug-likeness (QED) is 0.767. The summed E-state index contributed by atoms with van der Waals surface area (Å²) in [5.74, 6) is 0.900. The lowest BCUT2D eigenvalue weighted by Gasteiger charge is -2.08. The van der Waals surface area contributed by atoms with Gasteiger partial charge in [0, 0.05) is 13.1 Å². The van der Waals surface area contributed by atoms with Crippen LogP contribution in [-0.2, 0) is 13.2 Å². The molecule has 2 nitrogen and oxygen atoms in total. The summed E-state index contributed by atoms with van der Waals surface area (Å²) in [6.07, 6.45) is 0. The van der Waals surface area contributed by atoms with Gasteiger partial charge < -0.3 is 10.1 Å². The van der Waals surface area contributed by atoms with Crippen LogP contribution in [0, 0.1) is 0 Å². The molecule has 20 heavy (non-hydrogen) atoms. The highest BCUT2D eigenvalue weighted by molar-refractivity contribution is 5.27. The number of ether oxygens (including phenoxy) is 1. The standard InChI is InChI=1S/C18H21NO/c1-15(2)12-19-13-16-8-10-18(11-9-16)20-14-17-6-4-3-5-7-17/h3-11,19H,1,12-14H2,2H3. The maximum atomic E-state index is 5.76. The van der Waals surface area contributed by atoms with Gasteiger partial charge >= 0.3 is 0 Å². The van der Waals surface area contributed by atoms with Gasteiger partial charge in [0.1, 0.15) is 12.4 Å². The number of benzene rings is 2. The van der Waals surface area contributed by atoms with Gasteiger partial charge in [-0.15, -0.1) is 0 Å². The normalized spacial score (nSPS) is 10.2. The smallest absolute Gasteiger partial charge is 0.119 e. The van der Waals surface area contributed by atoms with Crippen molar-refractivity contribution in [1.29, 1.82) is 0 Å². The van der Waals surface area contributed by atoms with E-state index in [0.29, 0.717) is 6.61 Å². The molecule has 0 amide bonds. The van der Waals surface area contributed by atoms with Crippen molar-refractivity contribution in [2.45, 2.75) is 20.1 Å². The van der Waals surface area contributed by atoms with Crippen LogP contribution in [0.25, 0.3) is 0 Å². The van der Waals surface area contributed by atoms with Gasteiger partial charge in [-0.25, -0.2) is 0 Å². The SMILES string of the molecule is C=C(C)CNCc1ccc(OCc2ccccc2)cc1. The van der Waals surface area contributed by atoms with Crippen LogP contribution in [-0.4, -0.2) is 6.54 Å². The first kappa shape index (κ1) is 14.4. The maximum absolute atomic E-state index is 5.76. The van der Waals surface area contributed by atoms with Gasteiger partial charge in [0.05, 0.1) is 0 Å². The van der Waals surface area contributed by atoms with Crippen molar-refractivity contribution in [3.8, 4) is 5.75 Å². The third kappa shape index (κ3) is 4.90. The third-order valence-corrected chi connectivity index (χ3v) is 2.93. The minimum absolute atomic E-state index is 0.605. The van der Waals surface area contributed by atoms with Crippen LogP contribution in [0.3, 0.4) is 0 Å². The van der Waals surface area contributed by atoms with Crippen LogP contribution in [0.5, 0.6) is 5.75 Å². The van der Waals surface area contributed by atoms with Crippen molar-refractivity contribution >= 4 is 0 Å². The van der Waals surface area contributed by atoms with Gasteiger partial charge in [0.25, 0.3) is 0 Å². The predicted molar refractivity (Wildman–Crippen MR) is 83.7 cm³/mol. The average Bonchev–Trinajstić information content (AvgIpc) is 2.47. The molecule has 2 heteroatoms. The van der Waals surface area contributed by atoms with Gasteiger partial charge in [-0.2, -0.15) is 0 Å². The minimum atomic E-state index is 0.605. The molecule has 0 bridgehead atoms. The Morgan fingerprint density at radius 1 is 1.00 bits per heavy atom. The van der Waals surface area contributed by atoms with Crippen molar-refractivity contribution in [3.05, 3.63) is 77.9 Å². The van der Waals surface area contributed by atoms with Gasteiger partial charge in [-0.1, -0.05) is 54.6 Å². The Morgan fingerprint density at radius 3 is 2.35 bits per heavy atom. The van der Waals surface area contributed by atoms with E-state index in [2.05, 4.69) is 36.2 Å². The number of nitrogens with one attached hydrogen (secondary N) is 1. The molecule has 0 fully saturated rings. The lowest BCUT2D eigenvalue weighted by Crippen LogP contribution is -2.14. The molecule has 0 unspecified atom stereocenters. The second kappa shape index (κ2) is 7.51. The van der Waals surface area contributed by atoms with E-state index in [4.69, 9.17) is 4.74 Å². The Labute approximate surface area is 121 Å². The zero-order valence-corrected chi connectivity index (χ0v) is 11.9. The first-order valence-electron chi connectivity index (χ1n) is 6.85. The van der Waals surface area contributed by atoms with E-state index >= 15 is 0 Å². The molecule has 0 atom stereocenters. The zero-order chi connectivity index (χ0) is 14.2. The lowest BCUT2D eigenvalue weighted by molar-refractivity contribution is 0.306. The fourth-order valence-electron chi connectivity index (χ4n) is 1.86. The van der Waals surface area contributed by atoms with Gasteiger partial charge in [-0.3, -0.25) is 0 Å². The second-order valence-corrected chi connectivity index (χ2v) is 4.98. The molecule has 1 N–H and O–H groups in total. The highest BCUT2D eigenvalue weighted by Gasteiger charge is 1.97. The molecule has 0 radical (unpaired) electrons. The number of rotatable bonds is 7. The Morgan fingerprint density at radius 2 is 1.70 bits per heavy atom. The summed E-state index contributed by atoms with van der Waals surface area (Å²) in [5.41, 5.74) is 3.57. The Kier molecular flexibility index (Phi) is 5.39. The van der Waals surface area contributed by atoms with Crippen molar-refractivity contribution in [3.63, 3.8) is 0 Å². The van der Waals surface area contributed by atoms with Gasteiger partial charge in [0.15, 0.2) is 0 Å². The molecule has 0 saturated heterocycles. The lowest BCUT2D eigenvalue weighted by atomic mass is 10.2. The van der Waals surface area contributed by atoms with Crippen LogP contribution >= 0.6 is 0 Å². The summed E-state index contributed by atoms with van der Waals surface area (Å²) in [5, 5.41) is 3.34. The van der Waals surface area contributed by atoms with E-state index < -0.39 is 0 Å². The molecule has 0 heterocycles. The van der Waals surface area contributed by atoms with Gasteiger partial charge in [0.2, 0.25) is 0 Å². The predicted octanol–water partition coefficient (Wildman–Crippen LogP) is 3.93. The van der Waals surface area contributed by atoms with E-state index in [1.807, 2.05) is 37.3 Å². The molecule has 0 aliphatic heterocycles. The van der Waals surface area contributed by atoms with E-state index in [1.165, 1.54) is 11.1 Å². The second-order valence-electron chi connectivity index (χ2n) is 4.98. The molecule has 0 aliphatic carbocycles. The third-order valence-electron chi connectivity index (χ3n) is 2.93. The molecular weight excluding hydrogens is 246 g/mol. The van der Waals surface area contributed by atoms with Crippen LogP contribution < -0.4 is 10.1 Å². The van der Waals surface area contributed by atoms with E-state index in [-0.39, 0.29) is 0 Å². The first-order chi connectivity index (χ1) is 9.74. The number of hydrogen-bond acceptors (Lipinski definition) is 2. The van der Waals surface area contributed by atoms with Crippen molar-refractivity contribution in [2.75, 3.05) is 6.54 Å². The van der Waals surface area contributed by atoms with Crippen LogP contribution in [0.15, 0.2) is 66.7 Å².